The molecule has 1 unspecified atom stereocenters. The van der Waals surface area contributed by atoms with Crippen LogP contribution in [-0.2, 0) is 14.3 Å². The smallest absolute Gasteiger partial charge is 0.407 e. The van der Waals surface area contributed by atoms with Gasteiger partial charge in [-0.1, -0.05) is 53.0 Å². The third kappa shape index (κ3) is 10.2. The van der Waals surface area contributed by atoms with Gasteiger partial charge in [0.25, 0.3) is 0 Å². The van der Waals surface area contributed by atoms with Gasteiger partial charge in [0.1, 0.15) is 12.7 Å². The highest BCUT2D eigenvalue weighted by Crippen LogP contribution is 2.09. The molecular formula is C17H31NO4. The van der Waals surface area contributed by atoms with Gasteiger partial charge >= 0.3 is 12.1 Å². The van der Waals surface area contributed by atoms with E-state index in [1.807, 2.05) is 13.8 Å². The van der Waals surface area contributed by atoms with Crippen molar-refractivity contribution in [2.75, 3.05) is 13.2 Å². The summed E-state index contributed by atoms with van der Waals surface area (Å²) in [5, 5.41) is 2.74. The molecule has 0 radical (unpaired) electrons. The lowest BCUT2D eigenvalue weighted by Gasteiger charge is -2.21. The fraction of sp³-hybridized carbons (Fsp3) is 0.765. The van der Waals surface area contributed by atoms with E-state index in [0.717, 1.165) is 12.8 Å². The minimum atomic E-state index is -0.467. The van der Waals surface area contributed by atoms with Crippen molar-refractivity contribution in [1.29, 1.82) is 0 Å². The van der Waals surface area contributed by atoms with E-state index in [1.54, 1.807) is 6.92 Å². The van der Waals surface area contributed by atoms with E-state index in [4.69, 9.17) is 9.47 Å². The minimum absolute atomic E-state index is 0.0489. The summed E-state index contributed by atoms with van der Waals surface area (Å²) in [6.45, 7) is 11.8. The minimum Gasteiger partial charge on any atom is -0.458 e. The van der Waals surface area contributed by atoms with Crippen LogP contribution in [0.15, 0.2) is 12.2 Å². The van der Waals surface area contributed by atoms with Crippen molar-refractivity contribution in [2.45, 2.75) is 65.9 Å². The fourth-order valence-corrected chi connectivity index (χ4v) is 1.74. The van der Waals surface area contributed by atoms with Crippen molar-refractivity contribution >= 4 is 12.1 Å². The van der Waals surface area contributed by atoms with Gasteiger partial charge in [0, 0.05) is 12.1 Å². The van der Waals surface area contributed by atoms with Crippen LogP contribution in [-0.4, -0.2) is 31.3 Å². The Bertz CT molecular complexity index is 353. The molecule has 0 spiro atoms. The zero-order valence-corrected chi connectivity index (χ0v) is 14.4. The Labute approximate surface area is 134 Å². The number of carbonyl (C=O) groups is 2. The molecule has 0 aliphatic carbocycles. The van der Waals surface area contributed by atoms with Crippen LogP contribution in [0, 0.1) is 5.92 Å². The Morgan fingerprint density at radius 1 is 1.14 bits per heavy atom. The summed E-state index contributed by atoms with van der Waals surface area (Å²) in [6.07, 6.45) is 4.77. The number of esters is 1. The number of hydrogen-bond acceptors (Lipinski definition) is 4. The van der Waals surface area contributed by atoms with Gasteiger partial charge in [0.05, 0.1) is 0 Å². The molecule has 1 amide bonds. The first kappa shape index (κ1) is 20.5. The zero-order valence-electron chi connectivity index (χ0n) is 14.4. The van der Waals surface area contributed by atoms with E-state index in [9.17, 15) is 9.59 Å². The van der Waals surface area contributed by atoms with E-state index in [2.05, 4.69) is 18.8 Å². The number of hydrogen-bond donors (Lipinski definition) is 1. The maximum atomic E-state index is 11.7. The van der Waals surface area contributed by atoms with Crippen LogP contribution in [0.4, 0.5) is 4.79 Å². The topological polar surface area (TPSA) is 64.6 Å². The molecule has 0 aliphatic rings. The van der Waals surface area contributed by atoms with Gasteiger partial charge in [-0.05, 0) is 19.3 Å². The van der Waals surface area contributed by atoms with Crippen molar-refractivity contribution in [1.82, 2.24) is 5.32 Å². The van der Waals surface area contributed by atoms with Crippen LogP contribution < -0.4 is 5.32 Å². The van der Waals surface area contributed by atoms with Gasteiger partial charge in [0.2, 0.25) is 0 Å². The molecule has 0 saturated carbocycles. The van der Waals surface area contributed by atoms with Gasteiger partial charge < -0.3 is 14.8 Å². The predicted octanol–water partition coefficient (Wildman–Crippen LogP) is 3.83. The second-order valence-electron chi connectivity index (χ2n) is 5.91. The lowest BCUT2D eigenvalue weighted by molar-refractivity contribution is -0.142. The summed E-state index contributed by atoms with van der Waals surface area (Å²) >= 11 is 0. The Kier molecular flexibility index (Phi) is 11.2. The molecule has 0 aromatic heterocycles. The van der Waals surface area contributed by atoms with Crippen LogP contribution in [0.2, 0.25) is 0 Å². The highest BCUT2D eigenvalue weighted by molar-refractivity contribution is 5.86. The molecule has 0 aliphatic heterocycles. The average molecular weight is 313 g/mol. The number of nitrogens with one attached hydrogen (secondary N) is 1. The lowest BCUT2D eigenvalue weighted by atomic mass is 10.1. The SMILES string of the molecule is C=C(C)C(=O)OCC(OC(=O)NCCCCCCC)C(C)C. The third-order valence-electron chi connectivity index (χ3n) is 3.28. The predicted molar refractivity (Wildman–Crippen MR) is 87.6 cm³/mol. The molecule has 0 aromatic carbocycles. The maximum absolute atomic E-state index is 11.7. The molecule has 0 rings (SSSR count). The van der Waals surface area contributed by atoms with E-state index in [-0.39, 0.29) is 12.5 Å². The highest BCUT2D eigenvalue weighted by Gasteiger charge is 2.20. The molecule has 22 heavy (non-hydrogen) atoms. The zero-order chi connectivity index (χ0) is 17.0. The molecule has 5 heteroatoms. The Hall–Kier alpha value is -1.52. The Balaban J connectivity index is 3.98. The van der Waals surface area contributed by atoms with Crippen LogP contribution in [0.1, 0.15) is 59.8 Å². The second kappa shape index (κ2) is 12.1. The lowest BCUT2D eigenvalue weighted by Crippen LogP contribution is -2.35. The molecule has 0 heterocycles. The summed E-state index contributed by atoms with van der Waals surface area (Å²) in [5.74, 6) is -0.404. The molecule has 5 nitrogen and oxygen atoms in total. The number of ether oxygens (including phenoxy) is 2. The summed E-state index contributed by atoms with van der Waals surface area (Å²) < 4.78 is 10.4. The van der Waals surface area contributed by atoms with Crippen molar-refractivity contribution in [3.05, 3.63) is 12.2 Å². The summed E-state index contributed by atoms with van der Waals surface area (Å²) in [4.78, 5) is 23.1. The fourth-order valence-electron chi connectivity index (χ4n) is 1.74. The van der Waals surface area contributed by atoms with Crippen LogP contribution in [0.25, 0.3) is 0 Å². The highest BCUT2D eigenvalue weighted by atomic mass is 16.6. The van der Waals surface area contributed by atoms with Gasteiger partial charge in [-0.25, -0.2) is 9.59 Å². The normalized spacial score (nSPS) is 11.9. The standard InChI is InChI=1S/C17H31NO4/c1-6-7-8-9-10-11-18-17(20)22-15(13(2)3)12-21-16(19)14(4)5/h13,15H,4,6-12H2,1-3,5H3,(H,18,20). The quantitative estimate of drug-likeness (QED) is 0.358. The third-order valence-corrected chi connectivity index (χ3v) is 3.28. The van der Waals surface area contributed by atoms with Crippen LogP contribution in [0.3, 0.4) is 0 Å². The molecule has 0 aromatic rings. The Morgan fingerprint density at radius 3 is 2.32 bits per heavy atom. The Morgan fingerprint density at radius 2 is 1.77 bits per heavy atom. The number of alkyl carbamates (subject to hydrolysis) is 1. The van der Waals surface area contributed by atoms with Gasteiger partial charge in [-0.2, -0.15) is 0 Å². The van der Waals surface area contributed by atoms with E-state index < -0.39 is 18.2 Å². The molecule has 128 valence electrons. The van der Waals surface area contributed by atoms with Crippen molar-refractivity contribution in [3.63, 3.8) is 0 Å². The molecule has 0 saturated heterocycles. The summed E-state index contributed by atoms with van der Waals surface area (Å²) in [7, 11) is 0. The molecule has 0 fully saturated rings. The van der Waals surface area contributed by atoms with Crippen molar-refractivity contribution in [2.24, 2.45) is 5.92 Å². The number of unbranched alkanes of at least 4 members (excludes halogenated alkanes) is 4. The molecule has 1 N–H and O–H groups in total. The molecular weight excluding hydrogens is 282 g/mol. The van der Waals surface area contributed by atoms with E-state index in [0.29, 0.717) is 12.1 Å². The summed E-state index contributed by atoms with van der Waals surface area (Å²) in [6, 6.07) is 0. The van der Waals surface area contributed by atoms with Crippen LogP contribution in [0.5, 0.6) is 0 Å². The first-order valence-electron chi connectivity index (χ1n) is 8.15. The largest absolute Gasteiger partial charge is 0.458 e. The summed E-state index contributed by atoms with van der Waals surface area (Å²) in [5.41, 5.74) is 0.332. The van der Waals surface area contributed by atoms with Gasteiger partial charge in [0.15, 0.2) is 0 Å². The number of carbonyl (C=O) groups excluding carboxylic acids is 2. The van der Waals surface area contributed by atoms with Crippen molar-refractivity contribution in [3.8, 4) is 0 Å². The monoisotopic (exact) mass is 313 g/mol. The first-order chi connectivity index (χ1) is 10.4. The van der Waals surface area contributed by atoms with E-state index >= 15 is 0 Å². The first-order valence-corrected chi connectivity index (χ1v) is 8.15. The number of rotatable bonds is 11. The second-order valence-corrected chi connectivity index (χ2v) is 5.91. The van der Waals surface area contributed by atoms with E-state index in [1.165, 1.54) is 19.3 Å². The maximum Gasteiger partial charge on any atom is 0.407 e. The van der Waals surface area contributed by atoms with Gasteiger partial charge in [-0.15, -0.1) is 0 Å². The van der Waals surface area contributed by atoms with Gasteiger partial charge in [-0.3, -0.25) is 0 Å². The van der Waals surface area contributed by atoms with Crippen molar-refractivity contribution < 1.29 is 19.1 Å². The number of amides is 1. The average Bonchev–Trinajstić information content (AvgIpc) is 2.46. The van der Waals surface area contributed by atoms with Crippen LogP contribution >= 0.6 is 0 Å². The molecule has 1 atom stereocenters. The molecule has 0 bridgehead atoms.